The van der Waals surface area contributed by atoms with E-state index in [1.54, 1.807) is 0 Å². The molecule has 1 N–H and O–H groups in total. The Labute approximate surface area is 172 Å². The van der Waals surface area contributed by atoms with Crippen LogP contribution in [0.1, 0.15) is 11.1 Å². The van der Waals surface area contributed by atoms with E-state index in [-0.39, 0.29) is 0 Å². The minimum Gasteiger partial charge on any atom is -0.337 e. The molecule has 0 fully saturated rings. The number of aromatic amines is 1. The molecule has 0 unspecified atom stereocenters. The van der Waals surface area contributed by atoms with Gasteiger partial charge in [0, 0.05) is 28.7 Å². The van der Waals surface area contributed by atoms with E-state index < -0.39 is 0 Å². The highest BCUT2D eigenvalue weighted by molar-refractivity contribution is 6.21. The molecule has 140 valence electrons. The van der Waals surface area contributed by atoms with Gasteiger partial charge in [-0.05, 0) is 59.0 Å². The smallest absolute Gasteiger partial charge is 0.138 e. The lowest BCUT2D eigenvalue weighted by Crippen LogP contribution is -1.86. The number of benzene rings is 3. The molecule has 0 amide bonds. The van der Waals surface area contributed by atoms with Crippen LogP contribution in [0.2, 0.25) is 0 Å². The lowest BCUT2D eigenvalue weighted by Gasteiger charge is -2.03. The molecule has 0 aliphatic heterocycles. The van der Waals surface area contributed by atoms with Gasteiger partial charge in [0.2, 0.25) is 0 Å². The summed E-state index contributed by atoms with van der Waals surface area (Å²) in [7, 11) is 0. The largest absolute Gasteiger partial charge is 0.337 e. The third-order valence-electron chi connectivity index (χ3n) is 6.14. The summed E-state index contributed by atoms with van der Waals surface area (Å²) in [5.41, 5.74) is 10.2. The highest BCUT2D eigenvalue weighted by atomic mass is 14.9. The van der Waals surface area contributed by atoms with Crippen LogP contribution in [-0.4, -0.2) is 19.9 Å². The Bertz CT molecular complexity index is 1550. The van der Waals surface area contributed by atoms with Crippen molar-refractivity contribution in [3.8, 4) is 22.5 Å². The Morgan fingerprint density at radius 2 is 1.43 bits per heavy atom. The molecule has 3 aromatic heterocycles. The highest BCUT2D eigenvalue weighted by Gasteiger charge is 2.20. The second kappa shape index (κ2) is 5.74. The van der Waals surface area contributed by atoms with Crippen LogP contribution in [0.4, 0.5) is 0 Å². The van der Waals surface area contributed by atoms with Crippen molar-refractivity contribution in [2.45, 2.75) is 6.42 Å². The molecule has 0 saturated carbocycles. The third kappa shape index (κ3) is 2.08. The first-order valence-electron chi connectivity index (χ1n) is 10.1. The van der Waals surface area contributed by atoms with Crippen LogP contribution >= 0.6 is 0 Å². The predicted octanol–water partition coefficient (Wildman–Crippen LogP) is 5.90. The van der Waals surface area contributed by atoms with E-state index >= 15 is 0 Å². The van der Waals surface area contributed by atoms with Crippen LogP contribution in [0.15, 0.2) is 79.1 Å². The SMILES string of the molecule is c1ccc2c(c1)Cc1ccc(-c3nc4c5cccnc5c5ncccc5c4[nH]3)cc1-2. The van der Waals surface area contributed by atoms with E-state index in [4.69, 9.17) is 4.98 Å². The lowest BCUT2D eigenvalue weighted by molar-refractivity contribution is 1.26. The highest BCUT2D eigenvalue weighted by Crippen LogP contribution is 2.39. The van der Waals surface area contributed by atoms with E-state index in [9.17, 15) is 0 Å². The van der Waals surface area contributed by atoms with Crippen molar-refractivity contribution in [1.29, 1.82) is 0 Å². The summed E-state index contributed by atoms with van der Waals surface area (Å²) < 4.78 is 0. The van der Waals surface area contributed by atoms with E-state index in [1.807, 2.05) is 24.5 Å². The summed E-state index contributed by atoms with van der Waals surface area (Å²) in [5.74, 6) is 0.874. The minimum atomic E-state index is 0.874. The number of pyridine rings is 2. The summed E-state index contributed by atoms with van der Waals surface area (Å²) in [6.45, 7) is 0. The number of hydrogen-bond acceptors (Lipinski definition) is 3. The van der Waals surface area contributed by atoms with Crippen LogP contribution in [0.3, 0.4) is 0 Å². The average Bonchev–Trinajstić information content (AvgIpc) is 3.41. The molecule has 7 rings (SSSR count). The van der Waals surface area contributed by atoms with Crippen LogP contribution < -0.4 is 0 Å². The first kappa shape index (κ1) is 15.8. The summed E-state index contributed by atoms with van der Waals surface area (Å²) in [5, 5.41) is 2.07. The van der Waals surface area contributed by atoms with Crippen molar-refractivity contribution >= 4 is 32.8 Å². The predicted molar refractivity (Wildman–Crippen MR) is 120 cm³/mol. The Kier molecular flexibility index (Phi) is 3.03. The molecule has 30 heavy (non-hydrogen) atoms. The van der Waals surface area contributed by atoms with Crippen molar-refractivity contribution in [2.75, 3.05) is 0 Å². The van der Waals surface area contributed by atoms with Gasteiger partial charge in [0.15, 0.2) is 0 Å². The zero-order chi connectivity index (χ0) is 19.7. The molecule has 0 radical (unpaired) electrons. The maximum absolute atomic E-state index is 5.02. The normalized spacial score (nSPS) is 12.5. The van der Waals surface area contributed by atoms with Crippen LogP contribution in [0.25, 0.3) is 55.4 Å². The number of nitrogens with zero attached hydrogens (tertiary/aromatic N) is 3. The zero-order valence-corrected chi connectivity index (χ0v) is 16.1. The number of nitrogens with one attached hydrogen (secondary N) is 1. The second-order valence-electron chi connectivity index (χ2n) is 7.81. The van der Waals surface area contributed by atoms with Gasteiger partial charge in [-0.25, -0.2) is 4.98 Å². The van der Waals surface area contributed by atoms with Gasteiger partial charge in [-0.15, -0.1) is 0 Å². The van der Waals surface area contributed by atoms with Crippen molar-refractivity contribution < 1.29 is 0 Å². The minimum absolute atomic E-state index is 0.874. The van der Waals surface area contributed by atoms with Gasteiger partial charge in [0.05, 0.1) is 22.1 Å². The molecule has 0 saturated heterocycles. The van der Waals surface area contributed by atoms with Crippen molar-refractivity contribution in [1.82, 2.24) is 19.9 Å². The molecule has 1 aliphatic rings. The summed E-state index contributed by atoms with van der Waals surface area (Å²) in [6, 6.07) is 23.4. The third-order valence-corrected chi connectivity index (χ3v) is 6.14. The molecule has 0 atom stereocenters. The number of aromatic nitrogens is 4. The van der Waals surface area contributed by atoms with Crippen LogP contribution in [0, 0.1) is 0 Å². The Morgan fingerprint density at radius 1 is 0.667 bits per heavy atom. The fraction of sp³-hybridized carbons (Fsp3) is 0.0385. The standard InChI is InChI=1S/C26H16N4/c1-2-6-18-15(5-1)13-16-9-10-17(14-21(16)18)26-29-24-19-7-3-11-27-22(19)23-20(25(24)30-26)8-4-12-28-23/h1-12,14H,13H2,(H,29,30). The lowest BCUT2D eigenvalue weighted by atomic mass is 10.0. The molecule has 4 nitrogen and oxygen atoms in total. The quantitative estimate of drug-likeness (QED) is 0.359. The van der Waals surface area contributed by atoms with Gasteiger partial charge in [-0.2, -0.15) is 0 Å². The topological polar surface area (TPSA) is 54.5 Å². The van der Waals surface area contributed by atoms with Gasteiger partial charge < -0.3 is 4.98 Å². The Hall–Kier alpha value is -4.05. The first-order valence-corrected chi connectivity index (χ1v) is 10.1. The molecule has 0 spiro atoms. The van der Waals surface area contributed by atoms with Crippen molar-refractivity contribution in [3.63, 3.8) is 0 Å². The maximum atomic E-state index is 5.02. The van der Waals surface area contributed by atoms with Gasteiger partial charge in [0.25, 0.3) is 0 Å². The molecular weight excluding hydrogens is 368 g/mol. The first-order chi connectivity index (χ1) is 14.9. The molecule has 4 heteroatoms. The maximum Gasteiger partial charge on any atom is 0.138 e. The second-order valence-corrected chi connectivity index (χ2v) is 7.81. The fourth-order valence-electron chi connectivity index (χ4n) is 4.75. The summed E-state index contributed by atoms with van der Waals surface area (Å²) >= 11 is 0. The van der Waals surface area contributed by atoms with Gasteiger partial charge in [0.1, 0.15) is 5.82 Å². The molecule has 1 aliphatic carbocycles. The molecular formula is C26H16N4. The van der Waals surface area contributed by atoms with Gasteiger partial charge in [-0.3, -0.25) is 9.97 Å². The Morgan fingerprint density at radius 3 is 2.33 bits per heavy atom. The number of H-pyrrole nitrogens is 1. The van der Waals surface area contributed by atoms with E-state index in [0.717, 1.165) is 50.6 Å². The zero-order valence-electron chi connectivity index (χ0n) is 16.1. The number of fused-ring (bicyclic) bond motifs is 9. The average molecular weight is 384 g/mol. The van der Waals surface area contributed by atoms with Crippen molar-refractivity contribution in [2.24, 2.45) is 0 Å². The van der Waals surface area contributed by atoms with Crippen LogP contribution in [-0.2, 0) is 6.42 Å². The summed E-state index contributed by atoms with van der Waals surface area (Å²) in [6.07, 6.45) is 4.63. The fourth-order valence-corrected chi connectivity index (χ4v) is 4.75. The van der Waals surface area contributed by atoms with E-state index in [2.05, 4.69) is 69.5 Å². The van der Waals surface area contributed by atoms with Crippen LogP contribution in [0.5, 0.6) is 0 Å². The molecule has 6 aromatic rings. The van der Waals surface area contributed by atoms with E-state index in [0.29, 0.717) is 0 Å². The Balaban J connectivity index is 1.51. The number of imidazole rings is 1. The summed E-state index contributed by atoms with van der Waals surface area (Å²) in [4.78, 5) is 17.8. The van der Waals surface area contributed by atoms with Crippen molar-refractivity contribution in [3.05, 3.63) is 90.3 Å². The molecule has 0 bridgehead atoms. The van der Waals surface area contributed by atoms with Gasteiger partial charge in [-0.1, -0.05) is 36.4 Å². The van der Waals surface area contributed by atoms with Gasteiger partial charge >= 0.3 is 0 Å². The number of rotatable bonds is 1. The molecule has 3 heterocycles. The van der Waals surface area contributed by atoms with E-state index in [1.165, 1.54) is 22.3 Å². The molecule has 3 aromatic carbocycles. The monoisotopic (exact) mass is 384 g/mol. The number of hydrogen-bond donors (Lipinski definition) is 1.